The Morgan fingerprint density at radius 1 is 1.04 bits per heavy atom. The van der Waals surface area contributed by atoms with E-state index in [2.05, 4.69) is 4.98 Å². The maximum Gasteiger partial charge on any atom is 0.255 e. The number of aromatic nitrogens is 1. The molecule has 0 aromatic carbocycles. The van der Waals surface area contributed by atoms with E-state index in [1.165, 1.54) is 7.11 Å². The normalized spacial score (nSPS) is 31.3. The van der Waals surface area contributed by atoms with Gasteiger partial charge in [-0.2, -0.15) is 22.5 Å². The molecule has 0 N–H and O–H groups in total. The van der Waals surface area contributed by atoms with Crippen molar-refractivity contribution in [1.82, 2.24) is 4.98 Å². The van der Waals surface area contributed by atoms with Gasteiger partial charge in [-0.15, -0.1) is 0 Å². The molecule has 0 saturated carbocycles. The minimum atomic E-state index is -1.80. The van der Waals surface area contributed by atoms with Crippen molar-refractivity contribution in [2.75, 3.05) is 13.7 Å². The van der Waals surface area contributed by atoms with Crippen molar-refractivity contribution in [2.24, 2.45) is 0 Å². The zero-order valence-corrected chi connectivity index (χ0v) is 13.0. The summed E-state index contributed by atoms with van der Waals surface area (Å²) in [5.74, 6) is -9.17. The Balaban J connectivity index is 1.76. The predicted molar refractivity (Wildman–Crippen MR) is 69.1 cm³/mol. The lowest BCUT2D eigenvalue weighted by atomic mass is 10.1. The minimum Gasteiger partial charge on any atom is -0.484 e. The summed E-state index contributed by atoms with van der Waals surface area (Å²) in [6, 6.07) is 0. The summed E-state index contributed by atoms with van der Waals surface area (Å²) in [5, 5.41) is 0. The molecule has 6 nitrogen and oxygen atoms in total. The van der Waals surface area contributed by atoms with Crippen molar-refractivity contribution in [2.45, 2.75) is 44.2 Å². The third-order valence-corrected chi connectivity index (χ3v) is 3.69. The zero-order valence-electron chi connectivity index (χ0n) is 13.0. The van der Waals surface area contributed by atoms with Gasteiger partial charge in [0.25, 0.3) is 11.9 Å². The van der Waals surface area contributed by atoms with E-state index in [4.69, 9.17) is 23.7 Å². The molecule has 0 bridgehead atoms. The van der Waals surface area contributed by atoms with Crippen LogP contribution < -0.4 is 4.74 Å². The highest BCUT2D eigenvalue weighted by atomic mass is 19.2. The molecular formula is C14H15F4NO5. The number of halogens is 4. The van der Waals surface area contributed by atoms with E-state index in [0.717, 1.165) is 0 Å². The van der Waals surface area contributed by atoms with Crippen LogP contribution in [0.4, 0.5) is 17.6 Å². The molecule has 3 rings (SSSR count). The SMILES string of the molecule is COC1OC(COc2c(F)c(F)nc(F)c2F)C2OC(C)(C)OC12. The van der Waals surface area contributed by atoms with Crippen molar-refractivity contribution in [3.63, 3.8) is 0 Å². The molecule has 0 radical (unpaired) electrons. The van der Waals surface area contributed by atoms with E-state index < -0.39 is 66.3 Å². The minimum absolute atomic E-state index is 0.433. The first kappa shape index (κ1) is 17.3. The summed E-state index contributed by atoms with van der Waals surface area (Å²) in [4.78, 5) is 2.45. The van der Waals surface area contributed by atoms with Crippen LogP contribution in [0.5, 0.6) is 5.75 Å². The maximum absolute atomic E-state index is 13.6. The predicted octanol–water partition coefficient (Wildman–Crippen LogP) is 1.91. The molecule has 4 atom stereocenters. The van der Waals surface area contributed by atoms with Crippen molar-refractivity contribution in [3.8, 4) is 5.75 Å². The summed E-state index contributed by atoms with van der Waals surface area (Å²) in [5.41, 5.74) is 0. The Bertz CT molecular complexity index is 618. The van der Waals surface area contributed by atoms with E-state index in [1.807, 2.05) is 0 Å². The fraction of sp³-hybridized carbons (Fsp3) is 0.643. The average Bonchev–Trinajstić information content (AvgIpc) is 2.98. The Kier molecular flexibility index (Phi) is 4.41. The Labute approximate surface area is 134 Å². The van der Waals surface area contributed by atoms with Crippen LogP contribution in [-0.4, -0.2) is 49.1 Å². The molecule has 0 amide bonds. The maximum atomic E-state index is 13.6. The first-order valence-corrected chi connectivity index (χ1v) is 7.10. The van der Waals surface area contributed by atoms with E-state index in [0.29, 0.717) is 0 Å². The molecule has 2 aliphatic rings. The molecule has 1 aromatic heterocycles. The van der Waals surface area contributed by atoms with Crippen LogP contribution in [-0.2, 0) is 18.9 Å². The summed E-state index contributed by atoms with van der Waals surface area (Å²) in [6.45, 7) is 2.93. The molecule has 24 heavy (non-hydrogen) atoms. The van der Waals surface area contributed by atoms with Crippen LogP contribution in [0.25, 0.3) is 0 Å². The summed E-state index contributed by atoms with van der Waals surface area (Å²) in [7, 11) is 1.40. The molecule has 0 aliphatic carbocycles. The van der Waals surface area contributed by atoms with Gasteiger partial charge in [-0.3, -0.25) is 0 Å². The lowest BCUT2D eigenvalue weighted by molar-refractivity contribution is -0.229. The van der Waals surface area contributed by atoms with Crippen molar-refractivity contribution in [3.05, 3.63) is 23.5 Å². The molecule has 3 heterocycles. The molecule has 0 spiro atoms. The summed E-state index contributed by atoms with van der Waals surface area (Å²) >= 11 is 0. The van der Waals surface area contributed by atoms with Gasteiger partial charge in [-0.25, -0.2) is 0 Å². The van der Waals surface area contributed by atoms with Gasteiger partial charge in [-0.05, 0) is 13.8 Å². The van der Waals surface area contributed by atoms with Gasteiger partial charge in [-0.1, -0.05) is 0 Å². The van der Waals surface area contributed by atoms with Crippen LogP contribution in [0.3, 0.4) is 0 Å². The topological polar surface area (TPSA) is 59.0 Å². The fourth-order valence-corrected chi connectivity index (χ4v) is 2.73. The first-order chi connectivity index (χ1) is 11.2. The van der Waals surface area contributed by atoms with Gasteiger partial charge in [0.1, 0.15) is 24.9 Å². The number of hydrogen-bond acceptors (Lipinski definition) is 6. The van der Waals surface area contributed by atoms with E-state index in [9.17, 15) is 17.6 Å². The quantitative estimate of drug-likeness (QED) is 0.609. The molecule has 1 aromatic rings. The van der Waals surface area contributed by atoms with Gasteiger partial charge in [0.2, 0.25) is 17.4 Å². The molecular weight excluding hydrogens is 338 g/mol. The average molecular weight is 353 g/mol. The number of hydrogen-bond donors (Lipinski definition) is 0. The van der Waals surface area contributed by atoms with Crippen LogP contribution in [0.2, 0.25) is 0 Å². The highest BCUT2D eigenvalue weighted by Gasteiger charge is 2.55. The molecule has 134 valence electrons. The number of ether oxygens (including phenoxy) is 5. The van der Waals surface area contributed by atoms with E-state index in [-0.39, 0.29) is 0 Å². The van der Waals surface area contributed by atoms with Gasteiger partial charge in [0, 0.05) is 7.11 Å². The van der Waals surface area contributed by atoms with E-state index >= 15 is 0 Å². The molecule has 2 saturated heterocycles. The van der Waals surface area contributed by atoms with Gasteiger partial charge >= 0.3 is 0 Å². The zero-order chi connectivity index (χ0) is 17.6. The van der Waals surface area contributed by atoms with Crippen LogP contribution in [0.15, 0.2) is 0 Å². The molecule has 2 aliphatic heterocycles. The molecule has 2 fully saturated rings. The molecule has 10 heteroatoms. The Morgan fingerprint density at radius 3 is 2.21 bits per heavy atom. The lowest BCUT2D eigenvalue weighted by Crippen LogP contribution is -2.34. The van der Waals surface area contributed by atoms with Crippen molar-refractivity contribution in [1.29, 1.82) is 0 Å². The second-order valence-electron chi connectivity index (χ2n) is 5.80. The number of rotatable bonds is 4. The number of pyridine rings is 1. The van der Waals surface area contributed by atoms with Crippen LogP contribution in [0, 0.1) is 23.5 Å². The van der Waals surface area contributed by atoms with Gasteiger partial charge in [0.05, 0.1) is 0 Å². The number of methoxy groups -OCH3 is 1. The highest BCUT2D eigenvalue weighted by molar-refractivity contribution is 5.24. The second kappa shape index (κ2) is 6.10. The lowest BCUT2D eigenvalue weighted by Gasteiger charge is -2.23. The largest absolute Gasteiger partial charge is 0.484 e. The first-order valence-electron chi connectivity index (χ1n) is 7.10. The van der Waals surface area contributed by atoms with E-state index in [1.54, 1.807) is 13.8 Å². The number of nitrogens with zero attached hydrogens (tertiary/aromatic N) is 1. The summed E-state index contributed by atoms with van der Waals surface area (Å²) in [6.07, 6.45) is -2.79. The smallest absolute Gasteiger partial charge is 0.255 e. The van der Waals surface area contributed by atoms with Crippen LogP contribution >= 0.6 is 0 Å². The monoisotopic (exact) mass is 353 g/mol. The Morgan fingerprint density at radius 2 is 1.62 bits per heavy atom. The summed E-state index contributed by atoms with van der Waals surface area (Å²) < 4.78 is 80.1. The van der Waals surface area contributed by atoms with Crippen molar-refractivity contribution >= 4 is 0 Å². The number of fused-ring (bicyclic) bond motifs is 1. The van der Waals surface area contributed by atoms with Crippen LogP contribution in [0.1, 0.15) is 13.8 Å². The highest BCUT2D eigenvalue weighted by Crippen LogP contribution is 2.39. The fourth-order valence-electron chi connectivity index (χ4n) is 2.73. The Hall–Kier alpha value is -1.49. The third-order valence-electron chi connectivity index (χ3n) is 3.69. The van der Waals surface area contributed by atoms with Crippen molar-refractivity contribution < 1.29 is 41.2 Å². The van der Waals surface area contributed by atoms with Gasteiger partial charge < -0.3 is 23.7 Å². The van der Waals surface area contributed by atoms with Gasteiger partial charge in [0.15, 0.2) is 12.1 Å². The standard InChI is InChI=1S/C14H15F4NO5/c1-14(2)23-8-5(22-13(20-3)10(8)24-14)4-21-9-6(15)11(17)19-12(18)7(9)16/h5,8,10,13H,4H2,1-3H3. The molecule has 4 unspecified atom stereocenters. The third kappa shape index (κ3) is 2.94. The second-order valence-corrected chi connectivity index (χ2v) is 5.80.